The van der Waals surface area contributed by atoms with Gasteiger partial charge in [0.25, 0.3) is 0 Å². The third kappa shape index (κ3) is 1.81. The van der Waals surface area contributed by atoms with Crippen molar-refractivity contribution in [2.45, 2.75) is 40.0 Å². The number of aliphatic carboxylic acids is 1. The summed E-state index contributed by atoms with van der Waals surface area (Å²) in [5.74, 6) is -0.464. The van der Waals surface area contributed by atoms with Crippen molar-refractivity contribution in [1.82, 2.24) is 0 Å². The fourth-order valence-corrected chi connectivity index (χ4v) is 2.39. The van der Waals surface area contributed by atoms with Gasteiger partial charge < -0.3 is 5.11 Å². The number of carboxylic acids is 1. The summed E-state index contributed by atoms with van der Waals surface area (Å²) in [4.78, 5) is 15.7. The molecule has 0 bridgehead atoms. The first kappa shape index (κ1) is 11.2. The molecule has 1 N–H and O–H groups in total. The lowest BCUT2D eigenvalue weighted by molar-refractivity contribution is -0.152. The van der Waals surface area contributed by atoms with Crippen LogP contribution in [0, 0.1) is 11.3 Å². The first-order valence-corrected chi connectivity index (χ1v) is 5.26. The van der Waals surface area contributed by atoms with Crippen molar-refractivity contribution in [2.24, 2.45) is 16.3 Å². The Labute approximate surface area is 85.2 Å². The molecule has 2 unspecified atom stereocenters. The molecule has 3 nitrogen and oxygen atoms in total. The Morgan fingerprint density at radius 2 is 2.36 bits per heavy atom. The van der Waals surface area contributed by atoms with Gasteiger partial charge in [0, 0.05) is 12.3 Å². The van der Waals surface area contributed by atoms with E-state index in [2.05, 4.69) is 4.99 Å². The normalized spacial score (nSPS) is 33.4. The lowest BCUT2D eigenvalue weighted by Crippen LogP contribution is -2.37. The Hall–Kier alpha value is -0.860. The number of rotatable bonds is 2. The van der Waals surface area contributed by atoms with Crippen LogP contribution in [0.1, 0.15) is 40.0 Å². The van der Waals surface area contributed by atoms with Crippen LogP contribution in [-0.4, -0.2) is 23.3 Å². The number of hydrogen-bond acceptors (Lipinski definition) is 2. The van der Waals surface area contributed by atoms with Gasteiger partial charge in [-0.05, 0) is 32.1 Å². The molecular weight excluding hydrogens is 178 g/mol. The third-order valence-corrected chi connectivity index (χ3v) is 3.54. The zero-order valence-electron chi connectivity index (χ0n) is 9.21. The number of hydrogen-bond donors (Lipinski definition) is 1. The standard InChI is InChI=1S/C11H19NO2/c1-4-11(10(13)14)5-6-12-9(3)7-8(11)2/h8H,4-7H2,1-3H3,(H,13,14). The topological polar surface area (TPSA) is 49.7 Å². The van der Waals surface area contributed by atoms with Crippen LogP contribution in [0.15, 0.2) is 4.99 Å². The van der Waals surface area contributed by atoms with Gasteiger partial charge in [0.05, 0.1) is 5.41 Å². The summed E-state index contributed by atoms with van der Waals surface area (Å²) in [7, 11) is 0. The molecule has 0 amide bonds. The van der Waals surface area contributed by atoms with E-state index < -0.39 is 11.4 Å². The predicted octanol–water partition coefficient (Wildman–Crippen LogP) is 2.36. The van der Waals surface area contributed by atoms with Crippen molar-refractivity contribution >= 4 is 11.7 Å². The summed E-state index contributed by atoms with van der Waals surface area (Å²) in [6, 6.07) is 0. The molecule has 0 aliphatic carbocycles. The molecule has 1 aliphatic rings. The minimum Gasteiger partial charge on any atom is -0.481 e. The predicted molar refractivity (Wildman–Crippen MR) is 56.7 cm³/mol. The van der Waals surface area contributed by atoms with Crippen LogP contribution >= 0.6 is 0 Å². The Morgan fingerprint density at radius 3 is 2.86 bits per heavy atom. The molecule has 0 radical (unpaired) electrons. The van der Waals surface area contributed by atoms with E-state index in [1.165, 1.54) is 0 Å². The van der Waals surface area contributed by atoms with Gasteiger partial charge in [0.1, 0.15) is 0 Å². The Kier molecular flexibility index (Phi) is 3.29. The molecule has 1 aliphatic heterocycles. The third-order valence-electron chi connectivity index (χ3n) is 3.54. The highest BCUT2D eigenvalue weighted by atomic mass is 16.4. The SMILES string of the molecule is CCC1(C(=O)O)CCN=C(C)CC1C. The minimum atomic E-state index is -0.655. The van der Waals surface area contributed by atoms with Gasteiger partial charge in [-0.25, -0.2) is 0 Å². The van der Waals surface area contributed by atoms with Gasteiger partial charge in [-0.15, -0.1) is 0 Å². The molecule has 0 aromatic carbocycles. The maximum atomic E-state index is 11.3. The summed E-state index contributed by atoms with van der Waals surface area (Å²) >= 11 is 0. The van der Waals surface area contributed by atoms with E-state index in [1.807, 2.05) is 20.8 Å². The van der Waals surface area contributed by atoms with Crippen molar-refractivity contribution in [3.8, 4) is 0 Å². The Balaban J connectivity index is 2.93. The van der Waals surface area contributed by atoms with Crippen molar-refractivity contribution in [1.29, 1.82) is 0 Å². The van der Waals surface area contributed by atoms with Gasteiger partial charge in [-0.3, -0.25) is 9.79 Å². The summed E-state index contributed by atoms with van der Waals surface area (Å²) < 4.78 is 0. The van der Waals surface area contributed by atoms with Crippen molar-refractivity contribution in [3.63, 3.8) is 0 Å². The molecule has 0 fully saturated rings. The molecule has 14 heavy (non-hydrogen) atoms. The summed E-state index contributed by atoms with van der Waals surface area (Å²) in [6.45, 7) is 6.65. The molecule has 0 saturated carbocycles. The molecule has 0 spiro atoms. The maximum Gasteiger partial charge on any atom is 0.309 e. The molecule has 2 atom stereocenters. The first-order chi connectivity index (χ1) is 6.53. The van der Waals surface area contributed by atoms with Crippen molar-refractivity contribution < 1.29 is 9.90 Å². The van der Waals surface area contributed by atoms with Crippen molar-refractivity contribution in [3.05, 3.63) is 0 Å². The van der Waals surface area contributed by atoms with E-state index in [4.69, 9.17) is 0 Å². The number of nitrogens with zero attached hydrogens (tertiary/aromatic N) is 1. The summed E-state index contributed by atoms with van der Waals surface area (Å²) in [6.07, 6.45) is 2.20. The van der Waals surface area contributed by atoms with Crippen LogP contribution in [-0.2, 0) is 4.79 Å². The smallest absolute Gasteiger partial charge is 0.309 e. The van der Waals surface area contributed by atoms with E-state index in [0.717, 1.165) is 12.1 Å². The highest BCUT2D eigenvalue weighted by molar-refractivity contribution is 5.84. The summed E-state index contributed by atoms with van der Waals surface area (Å²) in [5.41, 5.74) is 0.537. The van der Waals surface area contributed by atoms with Crippen LogP contribution in [0.5, 0.6) is 0 Å². The molecule has 0 aromatic heterocycles. The number of carboxylic acid groups (broad SMARTS) is 1. The zero-order chi connectivity index (χ0) is 10.8. The van der Waals surface area contributed by atoms with Gasteiger partial charge in [-0.1, -0.05) is 13.8 Å². The fraction of sp³-hybridized carbons (Fsp3) is 0.818. The molecule has 1 rings (SSSR count). The first-order valence-electron chi connectivity index (χ1n) is 5.26. The largest absolute Gasteiger partial charge is 0.481 e. The molecule has 3 heteroatoms. The van der Waals surface area contributed by atoms with Gasteiger partial charge >= 0.3 is 5.97 Å². The van der Waals surface area contributed by atoms with Crippen LogP contribution in [0.4, 0.5) is 0 Å². The molecular formula is C11H19NO2. The average molecular weight is 197 g/mol. The van der Waals surface area contributed by atoms with E-state index in [1.54, 1.807) is 0 Å². The zero-order valence-corrected chi connectivity index (χ0v) is 9.21. The van der Waals surface area contributed by atoms with Crippen molar-refractivity contribution in [2.75, 3.05) is 6.54 Å². The van der Waals surface area contributed by atoms with E-state index in [0.29, 0.717) is 19.4 Å². The second-order valence-corrected chi connectivity index (χ2v) is 4.29. The highest BCUT2D eigenvalue weighted by Gasteiger charge is 2.42. The van der Waals surface area contributed by atoms with Gasteiger partial charge in [0.2, 0.25) is 0 Å². The molecule has 0 saturated heterocycles. The minimum absolute atomic E-state index is 0.191. The molecule has 1 heterocycles. The van der Waals surface area contributed by atoms with E-state index in [9.17, 15) is 9.90 Å². The van der Waals surface area contributed by atoms with Crippen LogP contribution in [0.2, 0.25) is 0 Å². The molecule has 80 valence electrons. The molecule has 0 aromatic rings. The quantitative estimate of drug-likeness (QED) is 0.738. The second kappa shape index (κ2) is 4.11. The monoisotopic (exact) mass is 197 g/mol. The van der Waals surface area contributed by atoms with Crippen LogP contribution in [0.25, 0.3) is 0 Å². The number of carbonyl (C=O) groups is 1. The van der Waals surface area contributed by atoms with E-state index in [-0.39, 0.29) is 5.92 Å². The van der Waals surface area contributed by atoms with Gasteiger partial charge in [-0.2, -0.15) is 0 Å². The Morgan fingerprint density at radius 1 is 1.71 bits per heavy atom. The van der Waals surface area contributed by atoms with E-state index >= 15 is 0 Å². The van der Waals surface area contributed by atoms with Crippen LogP contribution < -0.4 is 0 Å². The maximum absolute atomic E-state index is 11.3. The fourth-order valence-electron chi connectivity index (χ4n) is 2.39. The lowest BCUT2D eigenvalue weighted by Gasteiger charge is -2.32. The second-order valence-electron chi connectivity index (χ2n) is 4.29. The highest BCUT2D eigenvalue weighted by Crippen LogP contribution is 2.39. The van der Waals surface area contributed by atoms with Crippen LogP contribution in [0.3, 0.4) is 0 Å². The summed E-state index contributed by atoms with van der Waals surface area (Å²) in [5, 5.41) is 9.32. The van der Waals surface area contributed by atoms with Gasteiger partial charge in [0.15, 0.2) is 0 Å². The lowest BCUT2D eigenvalue weighted by atomic mass is 9.70. The number of aliphatic imine (C=N–C) groups is 1. The average Bonchev–Trinajstić information content (AvgIpc) is 2.24. The Bertz CT molecular complexity index is 260.